The van der Waals surface area contributed by atoms with Crippen molar-refractivity contribution >= 4 is 21.9 Å². The molecule has 3 aromatic rings. The summed E-state index contributed by atoms with van der Waals surface area (Å²) in [5, 5.41) is 10.9. The zero-order valence-corrected chi connectivity index (χ0v) is 10.1. The molecule has 1 aromatic carbocycles. The molecule has 18 heavy (non-hydrogen) atoms. The van der Waals surface area contributed by atoms with Gasteiger partial charge in [0.05, 0.1) is 0 Å². The lowest BCUT2D eigenvalue weighted by Gasteiger charge is -2.03. The van der Waals surface area contributed by atoms with Crippen LogP contribution in [-0.2, 0) is 6.61 Å². The normalized spacial score (nSPS) is 11.5. The molecule has 0 saturated carbocycles. The summed E-state index contributed by atoms with van der Waals surface area (Å²) in [6.07, 6.45) is 0. The predicted molar refractivity (Wildman–Crippen MR) is 67.7 cm³/mol. The predicted octanol–water partition coefficient (Wildman–Crippen LogP) is 2.65. The van der Waals surface area contributed by atoms with Crippen molar-refractivity contribution in [3.05, 3.63) is 45.5 Å². The maximum absolute atomic E-state index is 11.4. The summed E-state index contributed by atoms with van der Waals surface area (Å²) in [4.78, 5) is 11.4. The third kappa shape index (κ3) is 1.46. The first-order valence-corrected chi connectivity index (χ1v) is 5.67. The number of benzene rings is 1. The lowest BCUT2D eigenvalue weighted by molar-refractivity contribution is 0.251. The van der Waals surface area contributed by atoms with E-state index in [1.54, 1.807) is 6.07 Å². The van der Waals surface area contributed by atoms with Gasteiger partial charge in [-0.05, 0) is 31.5 Å². The Kier molecular flexibility index (Phi) is 2.28. The van der Waals surface area contributed by atoms with Crippen LogP contribution < -0.4 is 5.63 Å². The van der Waals surface area contributed by atoms with Gasteiger partial charge in [0.2, 0.25) is 0 Å². The van der Waals surface area contributed by atoms with E-state index in [9.17, 15) is 4.79 Å². The van der Waals surface area contributed by atoms with E-state index in [0.717, 1.165) is 21.9 Å². The van der Waals surface area contributed by atoms with Crippen molar-refractivity contribution < 1.29 is 13.9 Å². The van der Waals surface area contributed by atoms with E-state index >= 15 is 0 Å². The number of aliphatic hydroxyl groups is 1. The number of rotatable bonds is 1. The molecule has 0 radical (unpaired) electrons. The molecule has 4 heteroatoms. The van der Waals surface area contributed by atoms with Crippen molar-refractivity contribution in [1.29, 1.82) is 0 Å². The lowest BCUT2D eigenvalue weighted by atomic mass is 10.1. The van der Waals surface area contributed by atoms with Crippen LogP contribution in [0.15, 0.2) is 31.8 Å². The standard InChI is InChI=1S/C14H12O4/c1-7-3-12(16)18-14-8(2)13-9(5-11(7)14)4-10(6-15)17-13/h3-5,15H,6H2,1-2H3. The summed E-state index contributed by atoms with van der Waals surface area (Å²) in [6, 6.07) is 5.19. The van der Waals surface area contributed by atoms with Gasteiger partial charge in [0, 0.05) is 22.4 Å². The fraction of sp³-hybridized carbons (Fsp3) is 0.214. The quantitative estimate of drug-likeness (QED) is 0.668. The Hall–Kier alpha value is -2.07. The second-order valence-electron chi connectivity index (χ2n) is 4.42. The minimum Gasteiger partial charge on any atom is -0.458 e. The Bertz CT molecular complexity index is 808. The molecule has 0 aliphatic carbocycles. The molecule has 2 aromatic heterocycles. The van der Waals surface area contributed by atoms with E-state index in [0.29, 0.717) is 16.9 Å². The van der Waals surface area contributed by atoms with Gasteiger partial charge in [0.1, 0.15) is 23.5 Å². The van der Waals surface area contributed by atoms with Gasteiger partial charge in [-0.15, -0.1) is 0 Å². The summed E-state index contributed by atoms with van der Waals surface area (Å²) >= 11 is 0. The molecule has 1 N–H and O–H groups in total. The SMILES string of the molecule is Cc1cc(=O)oc2c(C)c3oc(CO)cc3cc12. The van der Waals surface area contributed by atoms with Gasteiger partial charge in [0.15, 0.2) is 0 Å². The highest BCUT2D eigenvalue weighted by molar-refractivity contribution is 5.98. The Balaban J connectivity index is 2.54. The Morgan fingerprint density at radius 1 is 1.11 bits per heavy atom. The molecule has 2 heterocycles. The van der Waals surface area contributed by atoms with E-state index in [2.05, 4.69) is 0 Å². The molecule has 0 aliphatic rings. The summed E-state index contributed by atoms with van der Waals surface area (Å²) in [5.41, 5.74) is 2.49. The molecule has 3 rings (SSSR count). The van der Waals surface area contributed by atoms with Crippen molar-refractivity contribution in [1.82, 2.24) is 0 Å². The molecule has 92 valence electrons. The molecule has 0 spiro atoms. The first-order valence-electron chi connectivity index (χ1n) is 5.67. The highest BCUT2D eigenvalue weighted by atomic mass is 16.4. The molecule has 0 unspecified atom stereocenters. The van der Waals surface area contributed by atoms with E-state index in [4.69, 9.17) is 13.9 Å². The first-order chi connectivity index (χ1) is 8.60. The molecular formula is C14H12O4. The van der Waals surface area contributed by atoms with Crippen molar-refractivity contribution in [2.75, 3.05) is 0 Å². The zero-order chi connectivity index (χ0) is 12.9. The topological polar surface area (TPSA) is 63.6 Å². The number of aliphatic hydroxyl groups excluding tert-OH is 1. The number of hydrogen-bond acceptors (Lipinski definition) is 4. The molecule has 0 fully saturated rings. The minimum absolute atomic E-state index is 0.145. The average Bonchev–Trinajstić information content (AvgIpc) is 2.74. The monoisotopic (exact) mass is 244 g/mol. The molecule has 0 amide bonds. The Labute approximate surface area is 102 Å². The van der Waals surface area contributed by atoms with E-state index in [-0.39, 0.29) is 12.2 Å². The van der Waals surface area contributed by atoms with Crippen molar-refractivity contribution in [2.45, 2.75) is 20.5 Å². The van der Waals surface area contributed by atoms with Crippen LogP contribution in [0, 0.1) is 13.8 Å². The highest BCUT2D eigenvalue weighted by Gasteiger charge is 2.13. The van der Waals surface area contributed by atoms with E-state index < -0.39 is 0 Å². The molecule has 0 atom stereocenters. The van der Waals surface area contributed by atoms with Gasteiger partial charge in [-0.1, -0.05) is 0 Å². The molecule has 0 aliphatic heterocycles. The largest absolute Gasteiger partial charge is 0.458 e. The third-order valence-corrected chi connectivity index (χ3v) is 3.16. The molecule has 4 nitrogen and oxygen atoms in total. The number of fused-ring (bicyclic) bond motifs is 2. The fourth-order valence-electron chi connectivity index (χ4n) is 2.27. The minimum atomic E-state index is -0.364. The van der Waals surface area contributed by atoms with Crippen LogP contribution in [-0.4, -0.2) is 5.11 Å². The smallest absolute Gasteiger partial charge is 0.336 e. The fourth-order valence-corrected chi connectivity index (χ4v) is 2.27. The van der Waals surface area contributed by atoms with Gasteiger partial charge in [0.25, 0.3) is 0 Å². The van der Waals surface area contributed by atoms with Gasteiger partial charge >= 0.3 is 5.63 Å². The number of furan rings is 1. The maximum Gasteiger partial charge on any atom is 0.336 e. The second-order valence-corrected chi connectivity index (χ2v) is 4.42. The molecule has 0 bridgehead atoms. The van der Waals surface area contributed by atoms with E-state index in [1.165, 1.54) is 6.07 Å². The zero-order valence-electron chi connectivity index (χ0n) is 10.1. The van der Waals surface area contributed by atoms with Crippen LogP contribution in [0.4, 0.5) is 0 Å². The van der Waals surface area contributed by atoms with Crippen molar-refractivity contribution in [2.24, 2.45) is 0 Å². The molecule has 0 saturated heterocycles. The van der Waals surface area contributed by atoms with Crippen molar-refractivity contribution in [3.8, 4) is 0 Å². The number of aryl methyl sites for hydroxylation is 2. The summed E-state index contributed by atoms with van der Waals surface area (Å²) in [6.45, 7) is 3.57. The average molecular weight is 244 g/mol. The van der Waals surface area contributed by atoms with Crippen LogP contribution >= 0.6 is 0 Å². The summed E-state index contributed by atoms with van der Waals surface area (Å²) in [7, 11) is 0. The van der Waals surface area contributed by atoms with Gasteiger partial charge < -0.3 is 13.9 Å². The van der Waals surface area contributed by atoms with Gasteiger partial charge in [-0.25, -0.2) is 4.79 Å². The van der Waals surface area contributed by atoms with Crippen molar-refractivity contribution in [3.63, 3.8) is 0 Å². The van der Waals surface area contributed by atoms with Crippen LogP contribution in [0.3, 0.4) is 0 Å². The van der Waals surface area contributed by atoms with E-state index in [1.807, 2.05) is 19.9 Å². The summed E-state index contributed by atoms with van der Waals surface area (Å²) < 4.78 is 10.8. The Morgan fingerprint density at radius 3 is 2.61 bits per heavy atom. The van der Waals surface area contributed by atoms with Crippen LogP contribution in [0.5, 0.6) is 0 Å². The first kappa shape index (κ1) is 11.0. The number of hydrogen-bond donors (Lipinski definition) is 1. The third-order valence-electron chi connectivity index (χ3n) is 3.16. The molecular weight excluding hydrogens is 232 g/mol. The lowest BCUT2D eigenvalue weighted by Crippen LogP contribution is -1.98. The second kappa shape index (κ2) is 3.71. The van der Waals surface area contributed by atoms with Gasteiger partial charge in [-0.2, -0.15) is 0 Å². The van der Waals surface area contributed by atoms with Crippen LogP contribution in [0.2, 0.25) is 0 Å². The maximum atomic E-state index is 11.4. The summed E-state index contributed by atoms with van der Waals surface area (Å²) in [5.74, 6) is 0.503. The Morgan fingerprint density at radius 2 is 1.89 bits per heavy atom. The van der Waals surface area contributed by atoms with Crippen LogP contribution in [0.25, 0.3) is 21.9 Å². The highest BCUT2D eigenvalue weighted by Crippen LogP contribution is 2.30. The van der Waals surface area contributed by atoms with Crippen LogP contribution in [0.1, 0.15) is 16.9 Å². The van der Waals surface area contributed by atoms with Gasteiger partial charge in [-0.3, -0.25) is 0 Å².